The summed E-state index contributed by atoms with van der Waals surface area (Å²) in [6.45, 7) is 2.83. The highest BCUT2D eigenvalue weighted by atomic mass is 16.5. The number of nitrogens with zero attached hydrogens (tertiary/aromatic N) is 2. The number of methoxy groups -OCH3 is 4. The third-order valence-electron chi connectivity index (χ3n) is 6.27. The lowest BCUT2D eigenvalue weighted by Gasteiger charge is -2.36. The van der Waals surface area contributed by atoms with Crippen LogP contribution in [0.15, 0.2) is 54.7 Å². The van der Waals surface area contributed by atoms with Crippen molar-refractivity contribution in [1.82, 2.24) is 10.3 Å². The molecular weight excluding hydrogens is 430 g/mol. The van der Waals surface area contributed by atoms with Gasteiger partial charge in [0, 0.05) is 36.1 Å². The molecule has 180 valence electrons. The van der Waals surface area contributed by atoms with E-state index in [1.165, 1.54) is 5.56 Å². The SMILES string of the molecule is COc1cccc(N(Cc2ccnc(-c3cc(OC)c(OC)c(OC)c3)c2)C2CCNCC2)c1. The largest absolute Gasteiger partial charge is 0.497 e. The number of nitrogens with one attached hydrogen (secondary N) is 1. The van der Waals surface area contributed by atoms with Crippen LogP contribution in [-0.4, -0.2) is 52.6 Å². The average molecular weight is 464 g/mol. The Morgan fingerprint density at radius 1 is 0.882 bits per heavy atom. The number of pyridine rings is 1. The van der Waals surface area contributed by atoms with E-state index in [-0.39, 0.29) is 0 Å². The number of ether oxygens (including phenoxy) is 4. The highest BCUT2D eigenvalue weighted by Crippen LogP contribution is 2.41. The lowest BCUT2D eigenvalue weighted by molar-refractivity contribution is 0.324. The summed E-state index contributed by atoms with van der Waals surface area (Å²) in [6.07, 6.45) is 4.06. The molecule has 7 nitrogen and oxygen atoms in total. The lowest BCUT2D eigenvalue weighted by Crippen LogP contribution is -2.43. The maximum absolute atomic E-state index is 5.54. The maximum Gasteiger partial charge on any atom is 0.203 e. The van der Waals surface area contributed by atoms with E-state index in [1.807, 2.05) is 24.4 Å². The summed E-state index contributed by atoms with van der Waals surface area (Å²) in [4.78, 5) is 7.12. The Kier molecular flexibility index (Phi) is 7.75. The molecular formula is C27H33N3O4. The zero-order chi connectivity index (χ0) is 23.9. The molecule has 2 heterocycles. The molecule has 1 saturated heterocycles. The van der Waals surface area contributed by atoms with Crippen molar-refractivity contribution in [1.29, 1.82) is 0 Å². The minimum Gasteiger partial charge on any atom is -0.497 e. The summed E-state index contributed by atoms with van der Waals surface area (Å²) in [7, 11) is 6.55. The van der Waals surface area contributed by atoms with Crippen molar-refractivity contribution in [2.24, 2.45) is 0 Å². The van der Waals surface area contributed by atoms with Crippen molar-refractivity contribution in [2.45, 2.75) is 25.4 Å². The lowest BCUT2D eigenvalue weighted by atomic mass is 10.0. The predicted molar refractivity (Wildman–Crippen MR) is 134 cm³/mol. The van der Waals surface area contributed by atoms with Gasteiger partial charge in [0.15, 0.2) is 11.5 Å². The molecule has 2 aromatic carbocycles. The van der Waals surface area contributed by atoms with Crippen LogP contribution in [-0.2, 0) is 6.54 Å². The van der Waals surface area contributed by atoms with Crippen LogP contribution in [0.1, 0.15) is 18.4 Å². The number of benzene rings is 2. The quantitative estimate of drug-likeness (QED) is 0.500. The Bertz CT molecular complexity index is 1070. The molecule has 1 aromatic heterocycles. The van der Waals surface area contributed by atoms with Crippen LogP contribution in [0.3, 0.4) is 0 Å². The first-order valence-corrected chi connectivity index (χ1v) is 11.5. The number of piperidine rings is 1. The van der Waals surface area contributed by atoms with E-state index < -0.39 is 0 Å². The van der Waals surface area contributed by atoms with Gasteiger partial charge in [-0.15, -0.1) is 0 Å². The molecule has 7 heteroatoms. The van der Waals surface area contributed by atoms with Crippen LogP contribution in [0.5, 0.6) is 23.0 Å². The molecule has 0 aliphatic carbocycles. The zero-order valence-electron chi connectivity index (χ0n) is 20.3. The van der Waals surface area contributed by atoms with E-state index >= 15 is 0 Å². The summed E-state index contributed by atoms with van der Waals surface area (Å²) in [6, 6.07) is 16.8. The molecule has 0 radical (unpaired) electrons. The molecule has 1 aliphatic heterocycles. The van der Waals surface area contributed by atoms with Crippen molar-refractivity contribution in [3.8, 4) is 34.3 Å². The van der Waals surface area contributed by atoms with Crippen LogP contribution in [0.2, 0.25) is 0 Å². The molecule has 3 aromatic rings. The normalized spacial score (nSPS) is 13.9. The minimum absolute atomic E-state index is 0.450. The molecule has 0 spiro atoms. The maximum atomic E-state index is 5.54. The van der Waals surface area contributed by atoms with Gasteiger partial charge in [0.2, 0.25) is 5.75 Å². The van der Waals surface area contributed by atoms with Crippen LogP contribution in [0.25, 0.3) is 11.3 Å². The van der Waals surface area contributed by atoms with Crippen molar-refractivity contribution in [3.05, 3.63) is 60.3 Å². The fourth-order valence-corrected chi connectivity index (χ4v) is 4.49. The monoisotopic (exact) mass is 463 g/mol. The molecule has 0 bridgehead atoms. The molecule has 1 aliphatic rings. The zero-order valence-corrected chi connectivity index (χ0v) is 20.3. The number of hydrogen-bond donors (Lipinski definition) is 1. The van der Waals surface area contributed by atoms with Gasteiger partial charge < -0.3 is 29.2 Å². The van der Waals surface area contributed by atoms with E-state index in [0.29, 0.717) is 23.3 Å². The second kappa shape index (κ2) is 11.1. The van der Waals surface area contributed by atoms with Crippen LogP contribution in [0.4, 0.5) is 5.69 Å². The predicted octanol–water partition coefficient (Wildman–Crippen LogP) is 4.54. The summed E-state index contributed by atoms with van der Waals surface area (Å²) in [5, 5.41) is 3.47. The van der Waals surface area contributed by atoms with Gasteiger partial charge >= 0.3 is 0 Å². The second-order valence-electron chi connectivity index (χ2n) is 8.27. The third-order valence-corrected chi connectivity index (χ3v) is 6.27. The Labute approximate surface area is 201 Å². The number of aromatic nitrogens is 1. The van der Waals surface area contributed by atoms with Gasteiger partial charge in [0.1, 0.15) is 5.75 Å². The third kappa shape index (κ3) is 5.20. The fourth-order valence-electron chi connectivity index (χ4n) is 4.49. The molecule has 1 N–H and O–H groups in total. The molecule has 34 heavy (non-hydrogen) atoms. The molecule has 4 rings (SSSR count). The topological polar surface area (TPSA) is 65.1 Å². The Balaban J connectivity index is 1.68. The molecule has 0 atom stereocenters. The van der Waals surface area contributed by atoms with Gasteiger partial charge in [-0.2, -0.15) is 0 Å². The van der Waals surface area contributed by atoms with Crippen molar-refractivity contribution >= 4 is 5.69 Å². The fraction of sp³-hybridized carbons (Fsp3) is 0.370. The van der Waals surface area contributed by atoms with Gasteiger partial charge in [0.05, 0.1) is 34.1 Å². The Morgan fingerprint density at radius 2 is 1.62 bits per heavy atom. The first kappa shape index (κ1) is 23.7. The molecule has 0 saturated carbocycles. The van der Waals surface area contributed by atoms with Gasteiger partial charge in [-0.25, -0.2) is 0 Å². The van der Waals surface area contributed by atoms with Gasteiger partial charge in [-0.05, 0) is 67.9 Å². The van der Waals surface area contributed by atoms with E-state index in [0.717, 1.165) is 55.2 Å². The summed E-state index contributed by atoms with van der Waals surface area (Å²) >= 11 is 0. The Hall–Kier alpha value is -3.45. The summed E-state index contributed by atoms with van der Waals surface area (Å²) in [5.74, 6) is 2.65. The van der Waals surface area contributed by atoms with Gasteiger partial charge in [-0.1, -0.05) is 6.07 Å². The van der Waals surface area contributed by atoms with Gasteiger partial charge in [-0.3, -0.25) is 4.98 Å². The first-order valence-electron chi connectivity index (χ1n) is 11.5. The van der Waals surface area contributed by atoms with E-state index in [9.17, 15) is 0 Å². The van der Waals surface area contributed by atoms with E-state index in [2.05, 4.69) is 45.5 Å². The average Bonchev–Trinajstić information content (AvgIpc) is 2.91. The number of rotatable bonds is 9. The van der Waals surface area contributed by atoms with Gasteiger partial charge in [0.25, 0.3) is 0 Å². The minimum atomic E-state index is 0.450. The van der Waals surface area contributed by atoms with Crippen molar-refractivity contribution in [2.75, 3.05) is 46.4 Å². The highest BCUT2D eigenvalue weighted by Gasteiger charge is 2.22. The van der Waals surface area contributed by atoms with Crippen molar-refractivity contribution in [3.63, 3.8) is 0 Å². The molecule has 0 amide bonds. The van der Waals surface area contributed by atoms with Crippen LogP contribution >= 0.6 is 0 Å². The van der Waals surface area contributed by atoms with E-state index in [4.69, 9.17) is 18.9 Å². The second-order valence-corrected chi connectivity index (χ2v) is 8.27. The molecule has 0 unspecified atom stereocenters. The van der Waals surface area contributed by atoms with Crippen LogP contribution < -0.4 is 29.2 Å². The van der Waals surface area contributed by atoms with Crippen molar-refractivity contribution < 1.29 is 18.9 Å². The summed E-state index contributed by atoms with van der Waals surface area (Å²) in [5.41, 5.74) is 4.11. The van der Waals surface area contributed by atoms with E-state index in [1.54, 1.807) is 28.4 Å². The smallest absolute Gasteiger partial charge is 0.203 e. The van der Waals surface area contributed by atoms with Crippen LogP contribution in [0, 0.1) is 0 Å². The standard InChI is InChI=1S/C27H33N3O4/c1-31-23-7-5-6-22(17-23)30(21-9-11-28-12-10-21)18-19-8-13-29-24(14-19)20-15-25(32-2)27(34-4)26(16-20)33-3/h5-8,13-17,21,28H,9-12,18H2,1-4H3. The highest BCUT2D eigenvalue weighted by molar-refractivity contribution is 5.69. The Morgan fingerprint density at radius 3 is 2.26 bits per heavy atom. The number of hydrogen-bond acceptors (Lipinski definition) is 7. The number of anilines is 1. The first-order chi connectivity index (χ1) is 16.7. The summed E-state index contributed by atoms with van der Waals surface area (Å²) < 4.78 is 22.0. The molecule has 1 fully saturated rings.